The van der Waals surface area contributed by atoms with Gasteiger partial charge in [0.15, 0.2) is 0 Å². The minimum atomic E-state index is -0.382. The lowest BCUT2D eigenvalue weighted by Gasteiger charge is -1.98. The molecule has 0 aromatic heterocycles. The van der Waals surface area contributed by atoms with Gasteiger partial charge >= 0.3 is 0 Å². The summed E-state index contributed by atoms with van der Waals surface area (Å²) in [6.07, 6.45) is 8.00. The van der Waals surface area contributed by atoms with Gasteiger partial charge in [0.05, 0.1) is 4.92 Å². The lowest BCUT2D eigenvalue weighted by molar-refractivity contribution is -0.384. The van der Waals surface area contributed by atoms with Crippen LogP contribution in [-0.4, -0.2) is 4.92 Å². The number of non-ortho nitro benzene ring substituents is 1. The van der Waals surface area contributed by atoms with E-state index in [0.717, 1.165) is 16.7 Å². The van der Waals surface area contributed by atoms with Gasteiger partial charge in [-0.3, -0.25) is 10.1 Å². The van der Waals surface area contributed by atoms with Crippen molar-refractivity contribution in [3.8, 4) is 0 Å². The molecule has 3 heteroatoms. The number of rotatable bonds is 5. The van der Waals surface area contributed by atoms with E-state index in [0.29, 0.717) is 0 Å². The third-order valence-electron chi connectivity index (χ3n) is 4.03. The first-order chi connectivity index (χ1) is 12.6. The normalized spacial score (nSPS) is 11.3. The zero-order valence-electron chi connectivity index (χ0n) is 14.5. The first-order valence-corrected chi connectivity index (χ1v) is 8.37. The number of hydrogen-bond acceptors (Lipinski definition) is 2. The van der Waals surface area contributed by atoms with Gasteiger partial charge in [0.2, 0.25) is 0 Å². The maximum absolute atomic E-state index is 10.8. The monoisotopic (exact) mass is 341 g/mol. The summed E-state index contributed by atoms with van der Waals surface area (Å²) >= 11 is 0. The highest BCUT2D eigenvalue weighted by atomic mass is 16.6. The van der Waals surface area contributed by atoms with Crippen molar-refractivity contribution in [3.63, 3.8) is 0 Å². The zero-order chi connectivity index (χ0) is 18.4. The highest BCUT2D eigenvalue weighted by Gasteiger charge is 2.03. The molecule has 3 nitrogen and oxygen atoms in total. The van der Waals surface area contributed by atoms with Crippen LogP contribution < -0.4 is 0 Å². The molecule has 0 aliphatic rings. The fourth-order valence-corrected chi connectivity index (χ4v) is 2.52. The van der Waals surface area contributed by atoms with Crippen LogP contribution in [0.3, 0.4) is 0 Å². The molecular weight excluding hydrogens is 322 g/mol. The fourth-order valence-electron chi connectivity index (χ4n) is 2.52. The molecule has 0 fully saturated rings. The molecule has 0 saturated heterocycles. The Labute approximate surface area is 153 Å². The largest absolute Gasteiger partial charge is 0.270 e. The first-order valence-electron chi connectivity index (χ1n) is 8.37. The molecule has 0 radical (unpaired) electrons. The highest BCUT2D eigenvalue weighted by molar-refractivity contribution is 5.73. The molecule has 0 aliphatic heterocycles. The molecule has 3 aromatic carbocycles. The number of hydrogen-bond donors (Lipinski definition) is 0. The van der Waals surface area contributed by atoms with Gasteiger partial charge in [0.25, 0.3) is 5.69 Å². The van der Waals surface area contributed by atoms with E-state index >= 15 is 0 Å². The van der Waals surface area contributed by atoms with Crippen molar-refractivity contribution >= 4 is 30.0 Å². The van der Waals surface area contributed by atoms with Crippen LogP contribution in [0, 0.1) is 17.0 Å². The molecule has 0 saturated carbocycles. The van der Waals surface area contributed by atoms with Gasteiger partial charge in [0, 0.05) is 12.1 Å². The lowest BCUT2D eigenvalue weighted by atomic mass is 10.1. The van der Waals surface area contributed by atoms with Gasteiger partial charge in [-0.2, -0.15) is 0 Å². The Morgan fingerprint density at radius 2 is 1.15 bits per heavy atom. The average Bonchev–Trinajstić information content (AvgIpc) is 2.67. The van der Waals surface area contributed by atoms with Crippen LogP contribution in [0.1, 0.15) is 27.8 Å². The van der Waals surface area contributed by atoms with Crippen LogP contribution in [0.2, 0.25) is 0 Å². The Kier molecular flexibility index (Phi) is 5.40. The zero-order valence-corrected chi connectivity index (χ0v) is 14.5. The van der Waals surface area contributed by atoms with E-state index in [2.05, 4.69) is 55.5 Å². The molecule has 0 aliphatic carbocycles. The molecule has 0 bridgehead atoms. The van der Waals surface area contributed by atoms with Gasteiger partial charge in [-0.25, -0.2) is 0 Å². The number of aryl methyl sites for hydroxylation is 1. The third kappa shape index (κ3) is 4.77. The fraction of sp³-hybridized carbons (Fsp3) is 0.0435. The van der Waals surface area contributed by atoms with Crippen molar-refractivity contribution in [2.24, 2.45) is 0 Å². The Morgan fingerprint density at radius 3 is 1.65 bits per heavy atom. The lowest BCUT2D eigenvalue weighted by Crippen LogP contribution is -1.87. The van der Waals surface area contributed by atoms with Gasteiger partial charge in [-0.05, 0) is 29.2 Å². The number of nitro groups is 1. The van der Waals surface area contributed by atoms with E-state index in [4.69, 9.17) is 0 Å². The van der Waals surface area contributed by atoms with Crippen LogP contribution in [0.5, 0.6) is 0 Å². The van der Waals surface area contributed by atoms with Crippen molar-refractivity contribution in [1.29, 1.82) is 0 Å². The van der Waals surface area contributed by atoms with Gasteiger partial charge in [-0.1, -0.05) is 90.5 Å². The number of nitro benzene ring substituents is 1. The van der Waals surface area contributed by atoms with E-state index in [1.54, 1.807) is 12.1 Å². The van der Waals surface area contributed by atoms with Crippen LogP contribution in [0.4, 0.5) is 5.69 Å². The van der Waals surface area contributed by atoms with Crippen molar-refractivity contribution in [2.45, 2.75) is 6.92 Å². The van der Waals surface area contributed by atoms with Gasteiger partial charge in [0.1, 0.15) is 0 Å². The maximum Gasteiger partial charge on any atom is 0.270 e. The van der Waals surface area contributed by atoms with Crippen LogP contribution in [0.25, 0.3) is 24.3 Å². The summed E-state index contributed by atoms with van der Waals surface area (Å²) in [6.45, 7) is 2.08. The molecule has 128 valence electrons. The van der Waals surface area contributed by atoms with Crippen LogP contribution >= 0.6 is 0 Å². The molecule has 0 N–H and O–H groups in total. The highest BCUT2D eigenvalue weighted by Crippen LogP contribution is 2.16. The predicted octanol–water partition coefficient (Wildman–Crippen LogP) is 6.24. The van der Waals surface area contributed by atoms with Crippen molar-refractivity contribution < 1.29 is 4.92 Å². The average molecular weight is 341 g/mol. The smallest absolute Gasteiger partial charge is 0.258 e. The summed E-state index contributed by atoms with van der Waals surface area (Å²) in [5.74, 6) is 0. The predicted molar refractivity (Wildman–Crippen MR) is 109 cm³/mol. The first kappa shape index (κ1) is 17.4. The second kappa shape index (κ2) is 8.08. The summed E-state index contributed by atoms with van der Waals surface area (Å²) in [6, 6.07) is 23.2. The van der Waals surface area contributed by atoms with E-state index in [-0.39, 0.29) is 10.6 Å². The van der Waals surface area contributed by atoms with Gasteiger partial charge < -0.3 is 0 Å². The summed E-state index contributed by atoms with van der Waals surface area (Å²) in [7, 11) is 0. The molecule has 26 heavy (non-hydrogen) atoms. The van der Waals surface area contributed by atoms with Gasteiger partial charge in [-0.15, -0.1) is 0 Å². The Balaban J connectivity index is 1.68. The number of nitrogens with zero attached hydrogens (tertiary/aromatic N) is 1. The van der Waals surface area contributed by atoms with E-state index in [9.17, 15) is 10.1 Å². The molecule has 3 aromatic rings. The van der Waals surface area contributed by atoms with Crippen molar-refractivity contribution in [3.05, 3.63) is 111 Å². The Morgan fingerprint density at radius 1 is 0.692 bits per heavy atom. The summed E-state index contributed by atoms with van der Waals surface area (Å²) in [5, 5.41) is 10.8. The second-order valence-corrected chi connectivity index (χ2v) is 6.10. The summed E-state index contributed by atoms with van der Waals surface area (Å²) < 4.78 is 0. The molecule has 0 spiro atoms. The topological polar surface area (TPSA) is 43.1 Å². The van der Waals surface area contributed by atoms with Crippen molar-refractivity contribution in [2.75, 3.05) is 0 Å². The van der Waals surface area contributed by atoms with Crippen LogP contribution in [0.15, 0.2) is 72.8 Å². The molecule has 0 heterocycles. The maximum atomic E-state index is 10.8. The molecular formula is C23H19NO2. The molecule has 0 atom stereocenters. The quantitative estimate of drug-likeness (QED) is 0.313. The minimum Gasteiger partial charge on any atom is -0.258 e. The van der Waals surface area contributed by atoms with E-state index in [1.807, 2.05) is 30.4 Å². The van der Waals surface area contributed by atoms with E-state index in [1.165, 1.54) is 17.2 Å². The SMILES string of the molecule is Cc1ccc(/C=C/c2ccc(/C=C/c3cccc([N+](=O)[O-])c3)cc2)cc1. The van der Waals surface area contributed by atoms with E-state index < -0.39 is 0 Å². The molecule has 0 amide bonds. The third-order valence-corrected chi connectivity index (χ3v) is 4.03. The van der Waals surface area contributed by atoms with Crippen LogP contribution in [-0.2, 0) is 0 Å². The Bertz CT molecular complexity index is 952. The summed E-state index contributed by atoms with van der Waals surface area (Å²) in [4.78, 5) is 10.4. The number of benzene rings is 3. The standard InChI is InChI=1S/C23H19NO2/c1-18-5-7-19(8-6-18)9-10-20-11-13-21(14-12-20)15-16-22-3-2-4-23(17-22)24(25)26/h2-17H,1H3/b10-9+,16-15+. The second-order valence-electron chi connectivity index (χ2n) is 6.10. The molecule has 0 unspecified atom stereocenters. The minimum absolute atomic E-state index is 0.101. The Hall–Kier alpha value is -3.46. The van der Waals surface area contributed by atoms with Crippen molar-refractivity contribution in [1.82, 2.24) is 0 Å². The molecule has 3 rings (SSSR count). The summed E-state index contributed by atoms with van der Waals surface area (Å²) in [5.41, 5.74) is 5.50.